The Balaban J connectivity index is 1.76. The molecule has 2 N–H and O–H groups in total. The summed E-state index contributed by atoms with van der Waals surface area (Å²) in [5, 5.41) is 11.4. The van der Waals surface area contributed by atoms with Gasteiger partial charge in [0.25, 0.3) is 0 Å². The van der Waals surface area contributed by atoms with E-state index in [1.54, 1.807) is 6.20 Å². The number of nitrogens with zero attached hydrogens (tertiary/aromatic N) is 2. The number of benzene rings is 1. The normalized spacial score (nSPS) is 10.9. The number of fused-ring (bicyclic) bond motifs is 1. The summed E-state index contributed by atoms with van der Waals surface area (Å²) in [6, 6.07) is 6.09. The molecule has 0 saturated heterocycles. The summed E-state index contributed by atoms with van der Waals surface area (Å²) < 4.78 is 0.575. The van der Waals surface area contributed by atoms with Gasteiger partial charge in [-0.3, -0.25) is 5.10 Å². The third-order valence-electron chi connectivity index (χ3n) is 2.43. The van der Waals surface area contributed by atoms with E-state index in [0.29, 0.717) is 4.47 Å². The lowest BCUT2D eigenvalue weighted by Crippen LogP contribution is -1.96. The Morgan fingerprint density at radius 3 is 3.12 bits per heavy atom. The average molecular weight is 265 g/mol. The van der Waals surface area contributed by atoms with Crippen LogP contribution in [0.3, 0.4) is 0 Å². The molecule has 0 unspecified atom stereocenters. The zero-order valence-electron chi connectivity index (χ0n) is 8.77. The summed E-state index contributed by atoms with van der Waals surface area (Å²) in [5.41, 5.74) is 2.07. The molecule has 3 aromatic rings. The van der Waals surface area contributed by atoms with Crippen molar-refractivity contribution >= 4 is 39.5 Å². The number of nitrogens with one attached hydrogen (secondary N) is 2. The molecule has 0 atom stereocenters. The first kappa shape index (κ1) is 10.6. The van der Waals surface area contributed by atoms with E-state index in [1.807, 2.05) is 24.4 Å². The largest absolute Gasteiger partial charge is 0.380 e. The van der Waals surface area contributed by atoms with Crippen LogP contribution in [0.4, 0.5) is 5.69 Å². The highest BCUT2D eigenvalue weighted by Gasteiger charge is 2.01. The van der Waals surface area contributed by atoms with Gasteiger partial charge in [-0.15, -0.1) is 11.3 Å². The molecule has 1 aromatic carbocycles. The molecule has 0 saturated carbocycles. The molecule has 0 aliphatic rings. The van der Waals surface area contributed by atoms with Crippen LogP contribution in [0.15, 0.2) is 30.6 Å². The molecule has 4 nitrogen and oxygen atoms in total. The first-order valence-corrected chi connectivity index (χ1v) is 6.28. The highest BCUT2D eigenvalue weighted by Crippen LogP contribution is 2.20. The van der Waals surface area contributed by atoms with Crippen molar-refractivity contribution in [1.82, 2.24) is 15.2 Å². The highest BCUT2D eigenvalue weighted by atomic mass is 35.5. The maximum absolute atomic E-state index is 5.77. The van der Waals surface area contributed by atoms with E-state index in [4.69, 9.17) is 11.6 Å². The fraction of sp³-hybridized carbons (Fsp3) is 0.0909. The van der Waals surface area contributed by atoms with E-state index < -0.39 is 0 Å². The van der Waals surface area contributed by atoms with Gasteiger partial charge in [0.15, 0.2) is 4.47 Å². The second kappa shape index (κ2) is 4.35. The lowest BCUT2D eigenvalue weighted by Gasteiger charge is -2.03. The minimum Gasteiger partial charge on any atom is -0.380 e. The van der Waals surface area contributed by atoms with Gasteiger partial charge in [0.1, 0.15) is 0 Å². The number of anilines is 1. The SMILES string of the molecule is Clc1ncc(CNc2ccc3cn[nH]c3c2)s1. The van der Waals surface area contributed by atoms with Crippen LogP contribution in [0.5, 0.6) is 0 Å². The molecule has 0 aliphatic heterocycles. The maximum atomic E-state index is 5.77. The smallest absolute Gasteiger partial charge is 0.183 e. The standard InChI is InChI=1S/C11H9ClN4S/c12-11-14-6-9(17-11)5-13-8-2-1-7-4-15-16-10(7)3-8/h1-4,6,13H,5H2,(H,15,16). The van der Waals surface area contributed by atoms with Gasteiger partial charge in [0.2, 0.25) is 0 Å². The van der Waals surface area contributed by atoms with Gasteiger partial charge in [0.05, 0.1) is 18.3 Å². The van der Waals surface area contributed by atoms with E-state index in [1.165, 1.54) is 11.3 Å². The summed E-state index contributed by atoms with van der Waals surface area (Å²) >= 11 is 7.26. The van der Waals surface area contributed by atoms with Crippen LogP contribution < -0.4 is 5.32 Å². The predicted molar refractivity (Wildman–Crippen MR) is 70.5 cm³/mol. The number of rotatable bonds is 3. The van der Waals surface area contributed by atoms with Crippen LogP contribution in [-0.4, -0.2) is 15.2 Å². The second-order valence-electron chi connectivity index (χ2n) is 3.61. The third-order valence-corrected chi connectivity index (χ3v) is 3.55. The summed E-state index contributed by atoms with van der Waals surface area (Å²) in [4.78, 5) is 5.11. The molecule has 3 rings (SSSR count). The maximum Gasteiger partial charge on any atom is 0.183 e. The number of hydrogen-bond acceptors (Lipinski definition) is 4. The average Bonchev–Trinajstić information content (AvgIpc) is 2.94. The lowest BCUT2D eigenvalue weighted by atomic mass is 10.2. The first-order valence-electron chi connectivity index (χ1n) is 5.08. The molecule has 0 radical (unpaired) electrons. The van der Waals surface area contributed by atoms with Gasteiger partial charge in [-0.2, -0.15) is 5.10 Å². The van der Waals surface area contributed by atoms with Crippen LogP contribution in [-0.2, 0) is 6.54 Å². The lowest BCUT2D eigenvalue weighted by molar-refractivity contribution is 1.12. The minimum atomic E-state index is 0.575. The Kier molecular flexibility index (Phi) is 2.70. The zero-order chi connectivity index (χ0) is 11.7. The van der Waals surface area contributed by atoms with Crippen LogP contribution in [0, 0.1) is 0 Å². The Bertz CT molecular complexity index is 646. The summed E-state index contributed by atoms with van der Waals surface area (Å²) in [6.45, 7) is 0.726. The van der Waals surface area contributed by atoms with Gasteiger partial charge >= 0.3 is 0 Å². The van der Waals surface area contributed by atoms with Crippen molar-refractivity contribution in [3.63, 3.8) is 0 Å². The second-order valence-corrected chi connectivity index (χ2v) is 5.30. The fourth-order valence-corrected chi connectivity index (χ4v) is 2.52. The van der Waals surface area contributed by atoms with Crippen molar-refractivity contribution in [2.45, 2.75) is 6.54 Å². The van der Waals surface area contributed by atoms with Crippen molar-refractivity contribution in [2.75, 3.05) is 5.32 Å². The van der Waals surface area contributed by atoms with Crippen molar-refractivity contribution < 1.29 is 0 Å². The molecule has 2 aromatic heterocycles. The minimum absolute atomic E-state index is 0.575. The number of H-pyrrole nitrogens is 1. The van der Waals surface area contributed by atoms with Crippen LogP contribution in [0.1, 0.15) is 4.88 Å². The predicted octanol–water partition coefficient (Wildman–Crippen LogP) is 3.28. The van der Waals surface area contributed by atoms with E-state index >= 15 is 0 Å². The Labute approximate surface area is 107 Å². The quantitative estimate of drug-likeness (QED) is 0.763. The number of aromatic amines is 1. The fourth-order valence-electron chi connectivity index (χ4n) is 1.60. The first-order chi connectivity index (χ1) is 8.31. The van der Waals surface area contributed by atoms with E-state index in [9.17, 15) is 0 Å². The number of aromatic nitrogens is 3. The molecule has 0 bridgehead atoms. The van der Waals surface area contributed by atoms with Gasteiger partial charge < -0.3 is 5.32 Å². The van der Waals surface area contributed by atoms with Gasteiger partial charge in [0, 0.05) is 22.1 Å². The van der Waals surface area contributed by atoms with Crippen molar-refractivity contribution in [3.8, 4) is 0 Å². The van der Waals surface area contributed by atoms with Crippen molar-refractivity contribution in [1.29, 1.82) is 0 Å². The topological polar surface area (TPSA) is 53.6 Å². The monoisotopic (exact) mass is 264 g/mol. The van der Waals surface area contributed by atoms with Crippen LogP contribution in [0.25, 0.3) is 10.9 Å². The zero-order valence-corrected chi connectivity index (χ0v) is 10.3. The van der Waals surface area contributed by atoms with Gasteiger partial charge in [-0.05, 0) is 18.2 Å². The van der Waals surface area contributed by atoms with E-state index in [2.05, 4.69) is 20.5 Å². The third kappa shape index (κ3) is 2.25. The van der Waals surface area contributed by atoms with Gasteiger partial charge in [-0.1, -0.05) is 11.6 Å². The molecule has 0 spiro atoms. The molecular formula is C11H9ClN4S. The van der Waals surface area contributed by atoms with E-state index in [0.717, 1.165) is 28.0 Å². The van der Waals surface area contributed by atoms with Crippen LogP contribution >= 0.6 is 22.9 Å². The van der Waals surface area contributed by atoms with Crippen LogP contribution in [0.2, 0.25) is 4.47 Å². The number of thiazole rings is 1. The molecule has 0 fully saturated rings. The molecule has 6 heteroatoms. The number of hydrogen-bond donors (Lipinski definition) is 2. The summed E-state index contributed by atoms with van der Waals surface area (Å²) in [6.07, 6.45) is 3.59. The Morgan fingerprint density at radius 2 is 2.29 bits per heavy atom. The summed E-state index contributed by atoms with van der Waals surface area (Å²) in [5.74, 6) is 0. The molecule has 17 heavy (non-hydrogen) atoms. The summed E-state index contributed by atoms with van der Waals surface area (Å²) in [7, 11) is 0. The Morgan fingerprint density at radius 1 is 1.35 bits per heavy atom. The molecular weight excluding hydrogens is 256 g/mol. The van der Waals surface area contributed by atoms with Crippen molar-refractivity contribution in [2.24, 2.45) is 0 Å². The van der Waals surface area contributed by atoms with E-state index in [-0.39, 0.29) is 0 Å². The molecule has 0 amide bonds. The highest BCUT2D eigenvalue weighted by molar-refractivity contribution is 7.15. The Hall–Kier alpha value is -1.59. The molecule has 0 aliphatic carbocycles. The molecule has 86 valence electrons. The number of halogens is 1. The van der Waals surface area contributed by atoms with Crippen molar-refractivity contribution in [3.05, 3.63) is 39.9 Å². The van der Waals surface area contributed by atoms with Gasteiger partial charge in [-0.25, -0.2) is 4.98 Å². The molecule has 2 heterocycles.